The Morgan fingerprint density at radius 1 is 0.647 bits per heavy atom. The number of rotatable bonds is 16. The molecule has 2 fully saturated rings. The molecule has 0 N–H and O–H groups in total. The van der Waals surface area contributed by atoms with E-state index in [1.54, 1.807) is 0 Å². The number of ether oxygens (including phenoxy) is 3. The van der Waals surface area contributed by atoms with Gasteiger partial charge in [0.25, 0.3) is 0 Å². The highest BCUT2D eigenvalue weighted by molar-refractivity contribution is 5.28. The van der Waals surface area contributed by atoms with E-state index < -0.39 is 0 Å². The van der Waals surface area contributed by atoms with Crippen molar-refractivity contribution in [3.8, 4) is 5.75 Å². The largest absolute Gasteiger partial charge is 0.494 e. The van der Waals surface area contributed by atoms with E-state index in [4.69, 9.17) is 14.2 Å². The molecule has 194 valence electrons. The Morgan fingerprint density at radius 3 is 1.82 bits per heavy atom. The van der Waals surface area contributed by atoms with Crippen molar-refractivity contribution in [3.63, 3.8) is 0 Å². The van der Waals surface area contributed by atoms with Gasteiger partial charge in [-0.1, -0.05) is 109 Å². The first kappa shape index (κ1) is 27.5. The van der Waals surface area contributed by atoms with Gasteiger partial charge in [0.05, 0.1) is 19.8 Å². The van der Waals surface area contributed by atoms with Crippen LogP contribution in [0.25, 0.3) is 0 Å². The van der Waals surface area contributed by atoms with Crippen LogP contribution >= 0.6 is 0 Å². The Hall–Kier alpha value is -1.06. The molecule has 34 heavy (non-hydrogen) atoms. The van der Waals surface area contributed by atoms with Gasteiger partial charge in [0.2, 0.25) is 0 Å². The third-order valence-corrected chi connectivity index (χ3v) is 8.04. The first-order chi connectivity index (χ1) is 16.8. The molecule has 1 saturated carbocycles. The van der Waals surface area contributed by atoms with Crippen molar-refractivity contribution in [3.05, 3.63) is 29.8 Å². The predicted octanol–water partition coefficient (Wildman–Crippen LogP) is 9.25. The van der Waals surface area contributed by atoms with Crippen LogP contribution in [0.3, 0.4) is 0 Å². The highest BCUT2D eigenvalue weighted by Gasteiger charge is 2.23. The van der Waals surface area contributed by atoms with E-state index in [9.17, 15) is 0 Å². The molecule has 3 heteroatoms. The molecular weight excluding hydrogens is 420 g/mol. The zero-order chi connectivity index (χ0) is 23.8. The maximum atomic E-state index is 6.04. The summed E-state index contributed by atoms with van der Waals surface area (Å²) in [7, 11) is 0. The molecule has 3 rings (SSSR count). The van der Waals surface area contributed by atoms with Crippen molar-refractivity contribution in [1.82, 2.24) is 0 Å². The lowest BCUT2D eigenvalue weighted by molar-refractivity contribution is -0.206. The van der Waals surface area contributed by atoms with Crippen molar-refractivity contribution >= 4 is 0 Å². The third kappa shape index (κ3) is 10.3. The first-order valence-electron chi connectivity index (χ1n) is 14.7. The molecule has 0 spiro atoms. The van der Waals surface area contributed by atoms with Crippen molar-refractivity contribution in [2.45, 2.75) is 123 Å². The standard InChI is InChI=1S/C31H52O3/c1-3-5-7-8-10-12-26-15-17-27(18-16-26)14-11-23-32-30-21-19-29(20-22-30)31-33-24-28(25-34-31)13-9-6-4-2/h19-22,26-28,31H,3-18,23-25H2,1-2H3. The summed E-state index contributed by atoms with van der Waals surface area (Å²) in [6, 6.07) is 8.34. The van der Waals surface area contributed by atoms with Gasteiger partial charge in [-0.3, -0.25) is 0 Å². The molecule has 0 amide bonds. The summed E-state index contributed by atoms with van der Waals surface area (Å²) in [6.07, 6.45) is 21.8. The summed E-state index contributed by atoms with van der Waals surface area (Å²) in [5.41, 5.74) is 1.10. The minimum absolute atomic E-state index is 0.219. The molecule has 0 radical (unpaired) electrons. The SMILES string of the molecule is CCCCCCCC1CCC(CCCOc2ccc(C3OCC(CCCCC)CO3)cc2)CC1. The Morgan fingerprint density at radius 2 is 1.18 bits per heavy atom. The van der Waals surface area contributed by atoms with Gasteiger partial charge in [0.1, 0.15) is 5.75 Å². The van der Waals surface area contributed by atoms with E-state index in [1.165, 1.54) is 103 Å². The minimum Gasteiger partial charge on any atom is -0.494 e. The molecule has 1 aromatic rings. The van der Waals surface area contributed by atoms with Gasteiger partial charge in [-0.25, -0.2) is 0 Å². The van der Waals surface area contributed by atoms with Gasteiger partial charge in [0, 0.05) is 11.5 Å². The molecule has 1 saturated heterocycles. The molecule has 1 aliphatic heterocycles. The van der Waals surface area contributed by atoms with Crippen LogP contribution in [0.2, 0.25) is 0 Å². The summed E-state index contributed by atoms with van der Waals surface area (Å²) in [4.78, 5) is 0. The Balaban J connectivity index is 1.23. The fourth-order valence-corrected chi connectivity index (χ4v) is 5.71. The second kappa shape index (κ2) is 16.6. The van der Waals surface area contributed by atoms with Gasteiger partial charge < -0.3 is 14.2 Å². The van der Waals surface area contributed by atoms with E-state index in [2.05, 4.69) is 38.1 Å². The maximum Gasteiger partial charge on any atom is 0.183 e. The molecule has 0 atom stereocenters. The molecule has 2 aliphatic rings. The van der Waals surface area contributed by atoms with Crippen molar-refractivity contribution < 1.29 is 14.2 Å². The number of hydrogen-bond donors (Lipinski definition) is 0. The molecule has 1 aromatic carbocycles. The van der Waals surface area contributed by atoms with Gasteiger partial charge in [-0.2, -0.15) is 0 Å². The average molecular weight is 473 g/mol. The average Bonchev–Trinajstić information content (AvgIpc) is 2.88. The van der Waals surface area contributed by atoms with Crippen molar-refractivity contribution in [2.75, 3.05) is 19.8 Å². The number of hydrogen-bond acceptors (Lipinski definition) is 3. The summed E-state index contributed by atoms with van der Waals surface area (Å²) in [5, 5.41) is 0. The topological polar surface area (TPSA) is 27.7 Å². The smallest absolute Gasteiger partial charge is 0.183 e. The van der Waals surface area contributed by atoms with Crippen LogP contribution in [-0.2, 0) is 9.47 Å². The predicted molar refractivity (Wildman–Crippen MR) is 142 cm³/mol. The van der Waals surface area contributed by atoms with Gasteiger partial charge in [-0.15, -0.1) is 0 Å². The summed E-state index contributed by atoms with van der Waals surface area (Å²) in [6.45, 7) is 7.00. The van der Waals surface area contributed by atoms with E-state index >= 15 is 0 Å². The Kier molecular flexibility index (Phi) is 13.4. The van der Waals surface area contributed by atoms with E-state index in [-0.39, 0.29) is 6.29 Å². The van der Waals surface area contributed by atoms with Gasteiger partial charge >= 0.3 is 0 Å². The molecule has 1 aliphatic carbocycles. The first-order valence-corrected chi connectivity index (χ1v) is 14.7. The Labute approximate surface area is 210 Å². The zero-order valence-electron chi connectivity index (χ0n) is 22.3. The second-order valence-corrected chi connectivity index (χ2v) is 11.0. The van der Waals surface area contributed by atoms with Crippen LogP contribution in [0.15, 0.2) is 24.3 Å². The van der Waals surface area contributed by atoms with Crippen LogP contribution < -0.4 is 4.74 Å². The van der Waals surface area contributed by atoms with E-state index in [0.29, 0.717) is 5.92 Å². The lowest BCUT2D eigenvalue weighted by atomic mass is 9.78. The van der Waals surface area contributed by atoms with Crippen LogP contribution in [0, 0.1) is 17.8 Å². The maximum absolute atomic E-state index is 6.04. The summed E-state index contributed by atoms with van der Waals surface area (Å²) >= 11 is 0. The third-order valence-electron chi connectivity index (χ3n) is 8.04. The quantitative estimate of drug-likeness (QED) is 0.224. The fourth-order valence-electron chi connectivity index (χ4n) is 5.71. The number of unbranched alkanes of at least 4 members (excludes halogenated alkanes) is 6. The minimum atomic E-state index is -0.219. The molecule has 0 bridgehead atoms. The zero-order valence-corrected chi connectivity index (χ0v) is 22.3. The van der Waals surface area contributed by atoms with Gasteiger partial charge in [-0.05, 0) is 43.2 Å². The fraction of sp³-hybridized carbons (Fsp3) is 0.806. The van der Waals surface area contributed by atoms with E-state index in [0.717, 1.165) is 43.0 Å². The molecule has 0 unspecified atom stereocenters. The molecule has 1 heterocycles. The highest BCUT2D eigenvalue weighted by atomic mass is 16.7. The van der Waals surface area contributed by atoms with Crippen LogP contribution in [0.4, 0.5) is 0 Å². The lowest BCUT2D eigenvalue weighted by Gasteiger charge is -2.29. The number of benzene rings is 1. The second-order valence-electron chi connectivity index (χ2n) is 11.0. The summed E-state index contributed by atoms with van der Waals surface area (Å²) in [5.74, 6) is 3.45. The lowest BCUT2D eigenvalue weighted by Crippen LogP contribution is -2.27. The summed E-state index contributed by atoms with van der Waals surface area (Å²) < 4.78 is 18.0. The molecular formula is C31H52O3. The monoisotopic (exact) mass is 472 g/mol. The molecule has 0 aromatic heterocycles. The van der Waals surface area contributed by atoms with Crippen LogP contribution in [-0.4, -0.2) is 19.8 Å². The van der Waals surface area contributed by atoms with E-state index in [1.807, 2.05) is 0 Å². The van der Waals surface area contributed by atoms with Crippen LogP contribution in [0.5, 0.6) is 5.75 Å². The van der Waals surface area contributed by atoms with Gasteiger partial charge in [0.15, 0.2) is 6.29 Å². The van der Waals surface area contributed by atoms with Crippen LogP contribution in [0.1, 0.15) is 128 Å². The van der Waals surface area contributed by atoms with Crippen molar-refractivity contribution in [2.24, 2.45) is 17.8 Å². The normalized spacial score (nSPS) is 25.4. The molecule has 3 nitrogen and oxygen atoms in total. The Bertz CT molecular complexity index is 612. The highest BCUT2D eigenvalue weighted by Crippen LogP contribution is 2.34. The van der Waals surface area contributed by atoms with Crippen molar-refractivity contribution in [1.29, 1.82) is 0 Å².